The first-order valence-electron chi connectivity index (χ1n) is 5.56. The average Bonchev–Trinajstić information content (AvgIpc) is 2.38. The Morgan fingerprint density at radius 3 is 2.53 bits per heavy atom. The normalized spacial score (nSPS) is 10.2. The molecule has 0 aliphatic rings. The van der Waals surface area contributed by atoms with Crippen LogP contribution in [0.3, 0.4) is 0 Å². The predicted molar refractivity (Wildman–Crippen MR) is 73.1 cm³/mol. The van der Waals surface area contributed by atoms with Crippen LogP contribution in [0.25, 0.3) is 0 Å². The standard InChI is InChI=1S/C14H15ClN2/c15-13-6-1-2-7-14(13)17-10-12-5-3-4-11(8-12)9-16/h1-8,17H,9-10,16H2. The van der Waals surface area contributed by atoms with Crippen LogP contribution in [0.4, 0.5) is 5.69 Å². The number of hydrogen-bond acceptors (Lipinski definition) is 2. The maximum Gasteiger partial charge on any atom is 0.0637 e. The van der Waals surface area contributed by atoms with E-state index in [1.807, 2.05) is 36.4 Å². The van der Waals surface area contributed by atoms with Gasteiger partial charge in [-0.3, -0.25) is 0 Å². The minimum atomic E-state index is 0.569. The lowest BCUT2D eigenvalue weighted by Crippen LogP contribution is -2.02. The lowest BCUT2D eigenvalue weighted by Gasteiger charge is -2.09. The van der Waals surface area contributed by atoms with Crippen molar-refractivity contribution < 1.29 is 0 Å². The molecule has 2 nitrogen and oxygen atoms in total. The van der Waals surface area contributed by atoms with E-state index < -0.39 is 0 Å². The zero-order chi connectivity index (χ0) is 12.1. The fourth-order valence-electron chi connectivity index (χ4n) is 1.67. The Hall–Kier alpha value is -1.51. The summed E-state index contributed by atoms with van der Waals surface area (Å²) in [6.45, 7) is 1.32. The van der Waals surface area contributed by atoms with Crippen molar-refractivity contribution in [2.75, 3.05) is 5.32 Å². The number of benzene rings is 2. The van der Waals surface area contributed by atoms with Gasteiger partial charge in [0.15, 0.2) is 0 Å². The summed E-state index contributed by atoms with van der Waals surface area (Å²) in [5.41, 5.74) is 8.90. The van der Waals surface area contributed by atoms with Crippen LogP contribution >= 0.6 is 11.6 Å². The molecule has 0 saturated heterocycles. The van der Waals surface area contributed by atoms with Crippen molar-refractivity contribution in [1.82, 2.24) is 0 Å². The highest BCUT2D eigenvalue weighted by atomic mass is 35.5. The topological polar surface area (TPSA) is 38.0 Å². The molecule has 0 aromatic heterocycles. The number of hydrogen-bond donors (Lipinski definition) is 2. The van der Waals surface area contributed by atoms with Crippen LogP contribution in [0.2, 0.25) is 5.02 Å². The lowest BCUT2D eigenvalue weighted by molar-refractivity contribution is 1.05. The van der Waals surface area contributed by atoms with Gasteiger partial charge in [0.05, 0.1) is 10.7 Å². The van der Waals surface area contributed by atoms with Crippen LogP contribution in [-0.2, 0) is 13.1 Å². The summed E-state index contributed by atoms with van der Waals surface area (Å²) >= 11 is 6.07. The molecule has 88 valence electrons. The smallest absolute Gasteiger partial charge is 0.0637 e. The fourth-order valence-corrected chi connectivity index (χ4v) is 1.87. The highest BCUT2D eigenvalue weighted by Gasteiger charge is 1.99. The molecule has 0 aliphatic heterocycles. The molecule has 2 aromatic carbocycles. The molecule has 2 aromatic rings. The van der Waals surface area contributed by atoms with Gasteiger partial charge in [-0.25, -0.2) is 0 Å². The van der Waals surface area contributed by atoms with E-state index in [9.17, 15) is 0 Å². The summed E-state index contributed by atoms with van der Waals surface area (Å²) in [5.74, 6) is 0. The average molecular weight is 247 g/mol. The first-order chi connectivity index (χ1) is 8.29. The molecule has 0 atom stereocenters. The zero-order valence-electron chi connectivity index (χ0n) is 9.49. The molecule has 2 rings (SSSR count). The van der Waals surface area contributed by atoms with Gasteiger partial charge >= 0.3 is 0 Å². The molecule has 0 amide bonds. The third-order valence-electron chi connectivity index (χ3n) is 2.58. The van der Waals surface area contributed by atoms with Crippen molar-refractivity contribution >= 4 is 17.3 Å². The minimum Gasteiger partial charge on any atom is -0.380 e. The fraction of sp³-hybridized carbons (Fsp3) is 0.143. The zero-order valence-corrected chi connectivity index (χ0v) is 10.2. The molecule has 17 heavy (non-hydrogen) atoms. The maximum absolute atomic E-state index is 6.07. The van der Waals surface area contributed by atoms with E-state index in [0.29, 0.717) is 6.54 Å². The SMILES string of the molecule is NCc1cccc(CNc2ccccc2Cl)c1. The molecule has 0 saturated carbocycles. The number of nitrogens with two attached hydrogens (primary N) is 1. The summed E-state index contributed by atoms with van der Waals surface area (Å²) in [5, 5.41) is 4.05. The molecule has 0 radical (unpaired) electrons. The molecule has 0 spiro atoms. The van der Waals surface area contributed by atoms with Gasteiger partial charge in [-0.2, -0.15) is 0 Å². The third kappa shape index (κ3) is 3.22. The molecule has 0 unspecified atom stereocenters. The number of para-hydroxylation sites is 1. The number of nitrogens with one attached hydrogen (secondary N) is 1. The summed E-state index contributed by atoms with van der Waals surface area (Å²) in [4.78, 5) is 0. The van der Waals surface area contributed by atoms with Gasteiger partial charge in [-0.15, -0.1) is 0 Å². The molecular formula is C14H15ClN2. The first-order valence-corrected chi connectivity index (χ1v) is 5.93. The molecule has 0 fully saturated rings. The van der Waals surface area contributed by atoms with Crippen LogP contribution in [0.15, 0.2) is 48.5 Å². The molecular weight excluding hydrogens is 232 g/mol. The minimum absolute atomic E-state index is 0.569. The van der Waals surface area contributed by atoms with E-state index in [4.69, 9.17) is 17.3 Å². The molecule has 3 heteroatoms. The van der Waals surface area contributed by atoms with Gasteiger partial charge in [0.1, 0.15) is 0 Å². The van der Waals surface area contributed by atoms with Gasteiger partial charge < -0.3 is 11.1 Å². The van der Waals surface area contributed by atoms with E-state index in [-0.39, 0.29) is 0 Å². The summed E-state index contributed by atoms with van der Waals surface area (Å²) in [7, 11) is 0. The second-order valence-corrected chi connectivity index (χ2v) is 4.26. The van der Waals surface area contributed by atoms with Gasteiger partial charge in [0, 0.05) is 13.1 Å². The van der Waals surface area contributed by atoms with Crippen LogP contribution in [0.1, 0.15) is 11.1 Å². The van der Waals surface area contributed by atoms with Gasteiger partial charge in [-0.1, -0.05) is 48.0 Å². The maximum atomic E-state index is 6.07. The van der Waals surface area contributed by atoms with Crippen molar-refractivity contribution in [2.45, 2.75) is 13.1 Å². The van der Waals surface area contributed by atoms with Crippen LogP contribution in [0, 0.1) is 0 Å². The quantitative estimate of drug-likeness (QED) is 0.868. The summed E-state index contributed by atoms with van der Waals surface area (Å²) in [6, 6.07) is 15.9. The lowest BCUT2D eigenvalue weighted by atomic mass is 10.1. The van der Waals surface area contributed by atoms with Crippen molar-refractivity contribution in [3.63, 3.8) is 0 Å². The van der Waals surface area contributed by atoms with Gasteiger partial charge in [0.25, 0.3) is 0 Å². The van der Waals surface area contributed by atoms with E-state index in [0.717, 1.165) is 22.8 Å². The molecule has 0 bridgehead atoms. The molecule has 0 heterocycles. The van der Waals surface area contributed by atoms with E-state index in [1.165, 1.54) is 5.56 Å². The van der Waals surface area contributed by atoms with E-state index in [2.05, 4.69) is 17.4 Å². The monoisotopic (exact) mass is 246 g/mol. The Bertz CT molecular complexity index is 497. The summed E-state index contributed by atoms with van der Waals surface area (Å²) in [6.07, 6.45) is 0. The Morgan fingerprint density at radius 2 is 1.76 bits per heavy atom. The van der Waals surface area contributed by atoms with Crippen molar-refractivity contribution in [3.05, 3.63) is 64.7 Å². The van der Waals surface area contributed by atoms with Crippen molar-refractivity contribution in [1.29, 1.82) is 0 Å². The highest BCUT2D eigenvalue weighted by molar-refractivity contribution is 6.33. The Balaban J connectivity index is 2.05. The third-order valence-corrected chi connectivity index (χ3v) is 2.91. The van der Waals surface area contributed by atoms with Crippen LogP contribution < -0.4 is 11.1 Å². The number of anilines is 1. The second-order valence-electron chi connectivity index (χ2n) is 3.86. The highest BCUT2D eigenvalue weighted by Crippen LogP contribution is 2.21. The van der Waals surface area contributed by atoms with Crippen LogP contribution in [0.5, 0.6) is 0 Å². The van der Waals surface area contributed by atoms with E-state index in [1.54, 1.807) is 0 Å². The first kappa shape index (κ1) is 12.0. The van der Waals surface area contributed by atoms with Crippen molar-refractivity contribution in [2.24, 2.45) is 5.73 Å². The van der Waals surface area contributed by atoms with Gasteiger partial charge in [0.2, 0.25) is 0 Å². The largest absolute Gasteiger partial charge is 0.380 e. The van der Waals surface area contributed by atoms with E-state index >= 15 is 0 Å². The second kappa shape index (κ2) is 5.71. The number of rotatable bonds is 4. The predicted octanol–water partition coefficient (Wildman–Crippen LogP) is 3.41. The molecule has 3 N–H and O–H groups in total. The molecule has 0 aliphatic carbocycles. The Kier molecular flexibility index (Phi) is 4.02. The summed E-state index contributed by atoms with van der Waals surface area (Å²) < 4.78 is 0. The number of halogens is 1. The van der Waals surface area contributed by atoms with Crippen LogP contribution in [-0.4, -0.2) is 0 Å². The van der Waals surface area contributed by atoms with Crippen molar-refractivity contribution in [3.8, 4) is 0 Å². The Labute approximate surface area is 106 Å². The van der Waals surface area contributed by atoms with Gasteiger partial charge in [-0.05, 0) is 23.3 Å². The Morgan fingerprint density at radius 1 is 1.00 bits per heavy atom.